The third kappa shape index (κ3) is 6.28. The molecule has 1 heterocycles. The molecule has 1 aromatic rings. The zero-order valence-corrected chi connectivity index (χ0v) is 14.7. The number of hydrogen-bond donors (Lipinski definition) is 1. The lowest BCUT2D eigenvalue weighted by Crippen LogP contribution is -2.45. The van der Waals surface area contributed by atoms with Crippen molar-refractivity contribution in [3.8, 4) is 11.5 Å². The summed E-state index contributed by atoms with van der Waals surface area (Å²) in [6, 6.07) is 7.73. The van der Waals surface area contributed by atoms with E-state index < -0.39 is 0 Å². The van der Waals surface area contributed by atoms with Crippen molar-refractivity contribution in [2.45, 2.75) is 32.2 Å². The van der Waals surface area contributed by atoms with E-state index in [-0.39, 0.29) is 24.9 Å². The predicted molar refractivity (Wildman–Crippen MR) is 93.6 cm³/mol. The van der Waals surface area contributed by atoms with Gasteiger partial charge < -0.3 is 19.7 Å². The molecule has 1 aliphatic rings. The van der Waals surface area contributed by atoms with Crippen molar-refractivity contribution < 1.29 is 14.3 Å². The maximum atomic E-state index is 12.2. The lowest BCUT2D eigenvalue weighted by Gasteiger charge is -2.31. The molecule has 0 saturated carbocycles. The van der Waals surface area contributed by atoms with Crippen LogP contribution in [0, 0.1) is 0 Å². The van der Waals surface area contributed by atoms with E-state index in [1.54, 1.807) is 0 Å². The second kappa shape index (κ2) is 10.3. The Hall–Kier alpha value is -1.46. The van der Waals surface area contributed by atoms with Crippen molar-refractivity contribution >= 4 is 18.3 Å². The Balaban J connectivity index is 0.00000264. The van der Waals surface area contributed by atoms with Crippen LogP contribution in [0.4, 0.5) is 0 Å². The third-order valence-corrected chi connectivity index (χ3v) is 3.91. The van der Waals surface area contributed by atoms with Gasteiger partial charge in [0.1, 0.15) is 11.5 Å². The van der Waals surface area contributed by atoms with E-state index in [1.807, 2.05) is 36.2 Å². The lowest BCUT2D eigenvalue weighted by molar-refractivity contribution is -0.134. The fourth-order valence-corrected chi connectivity index (χ4v) is 2.50. The molecular formula is C17H27ClN2O3. The molecule has 5 nitrogen and oxygen atoms in total. The smallest absolute Gasteiger partial charge is 0.260 e. The summed E-state index contributed by atoms with van der Waals surface area (Å²) in [6.07, 6.45) is 2.99. The minimum Gasteiger partial charge on any atom is -0.494 e. The highest BCUT2D eigenvalue weighted by Crippen LogP contribution is 2.18. The largest absolute Gasteiger partial charge is 0.494 e. The summed E-state index contributed by atoms with van der Waals surface area (Å²) >= 11 is 0. The molecule has 1 saturated heterocycles. The van der Waals surface area contributed by atoms with Crippen LogP contribution in [0.15, 0.2) is 24.3 Å². The summed E-state index contributed by atoms with van der Waals surface area (Å²) in [5.74, 6) is 1.54. The molecule has 0 radical (unpaired) electrons. The number of nitrogens with zero attached hydrogens (tertiary/aromatic N) is 1. The average molecular weight is 343 g/mol. The molecule has 0 aromatic heterocycles. The van der Waals surface area contributed by atoms with E-state index in [0.717, 1.165) is 38.1 Å². The van der Waals surface area contributed by atoms with Gasteiger partial charge in [-0.1, -0.05) is 6.92 Å². The van der Waals surface area contributed by atoms with Gasteiger partial charge in [0.25, 0.3) is 5.91 Å². The van der Waals surface area contributed by atoms with Gasteiger partial charge in [0.15, 0.2) is 6.61 Å². The van der Waals surface area contributed by atoms with Gasteiger partial charge in [0.05, 0.1) is 6.61 Å². The molecule has 1 fully saturated rings. The SMILES string of the molecule is CCCOc1ccc(OCC(=O)N(C)C2CCNCC2)cc1.Cl. The number of piperidine rings is 1. The van der Waals surface area contributed by atoms with E-state index in [4.69, 9.17) is 9.47 Å². The highest BCUT2D eigenvalue weighted by molar-refractivity contribution is 5.85. The number of carbonyl (C=O) groups excluding carboxylic acids is 1. The molecule has 6 heteroatoms. The standard InChI is InChI=1S/C17H26N2O3.ClH/c1-3-12-21-15-4-6-16(7-5-15)22-13-17(20)19(2)14-8-10-18-11-9-14;/h4-7,14,18H,3,8-13H2,1-2H3;1H. The maximum Gasteiger partial charge on any atom is 0.260 e. The average Bonchev–Trinajstić information content (AvgIpc) is 2.58. The van der Waals surface area contributed by atoms with Crippen molar-refractivity contribution in [3.63, 3.8) is 0 Å². The molecule has 23 heavy (non-hydrogen) atoms. The van der Waals surface area contributed by atoms with Gasteiger partial charge in [-0.2, -0.15) is 0 Å². The number of hydrogen-bond acceptors (Lipinski definition) is 4. The van der Waals surface area contributed by atoms with Gasteiger partial charge in [-0.3, -0.25) is 4.79 Å². The van der Waals surface area contributed by atoms with Crippen LogP contribution in [0.2, 0.25) is 0 Å². The fourth-order valence-electron chi connectivity index (χ4n) is 2.50. The molecule has 0 aliphatic carbocycles. The van der Waals surface area contributed by atoms with Crippen LogP contribution in [0.3, 0.4) is 0 Å². The van der Waals surface area contributed by atoms with Gasteiger partial charge in [-0.15, -0.1) is 12.4 Å². The molecule has 0 unspecified atom stereocenters. The number of ether oxygens (including phenoxy) is 2. The first-order chi connectivity index (χ1) is 10.7. The van der Waals surface area contributed by atoms with Crippen molar-refractivity contribution in [1.29, 1.82) is 0 Å². The van der Waals surface area contributed by atoms with E-state index in [2.05, 4.69) is 12.2 Å². The second-order valence-electron chi connectivity index (χ2n) is 5.59. The minimum atomic E-state index is 0. The number of benzene rings is 1. The van der Waals surface area contributed by atoms with Gasteiger partial charge in [-0.25, -0.2) is 0 Å². The highest BCUT2D eigenvalue weighted by atomic mass is 35.5. The van der Waals surface area contributed by atoms with Crippen LogP contribution >= 0.6 is 12.4 Å². The third-order valence-electron chi connectivity index (χ3n) is 3.91. The molecule has 1 amide bonds. The Kier molecular flexibility index (Phi) is 8.81. The Morgan fingerprint density at radius 1 is 1.17 bits per heavy atom. The van der Waals surface area contributed by atoms with E-state index in [0.29, 0.717) is 18.4 Å². The zero-order chi connectivity index (χ0) is 15.8. The van der Waals surface area contributed by atoms with Gasteiger partial charge in [-0.05, 0) is 56.6 Å². The maximum absolute atomic E-state index is 12.2. The Labute approximate surface area is 144 Å². The second-order valence-corrected chi connectivity index (χ2v) is 5.59. The number of likely N-dealkylation sites (N-methyl/N-ethyl adjacent to an activating group) is 1. The predicted octanol–water partition coefficient (Wildman–Crippen LogP) is 2.49. The number of nitrogens with one attached hydrogen (secondary N) is 1. The van der Waals surface area contributed by atoms with Crippen molar-refractivity contribution in [3.05, 3.63) is 24.3 Å². The molecule has 0 bridgehead atoms. The first-order valence-corrected chi connectivity index (χ1v) is 8.02. The summed E-state index contributed by atoms with van der Waals surface area (Å²) in [5.41, 5.74) is 0. The summed E-state index contributed by atoms with van der Waals surface area (Å²) in [6.45, 7) is 4.81. The van der Waals surface area contributed by atoms with Crippen LogP contribution < -0.4 is 14.8 Å². The first kappa shape index (κ1) is 19.6. The van der Waals surface area contributed by atoms with Crippen LogP contribution in [0.1, 0.15) is 26.2 Å². The molecule has 1 aromatic carbocycles. The first-order valence-electron chi connectivity index (χ1n) is 8.02. The van der Waals surface area contributed by atoms with E-state index in [9.17, 15) is 4.79 Å². The number of halogens is 1. The Morgan fingerprint density at radius 2 is 1.74 bits per heavy atom. The Bertz CT molecular complexity index is 461. The molecule has 2 rings (SSSR count). The van der Waals surface area contributed by atoms with Crippen molar-refractivity contribution in [1.82, 2.24) is 10.2 Å². The molecule has 1 N–H and O–H groups in total. The molecule has 1 aliphatic heterocycles. The topological polar surface area (TPSA) is 50.8 Å². The van der Waals surface area contributed by atoms with E-state index >= 15 is 0 Å². The summed E-state index contributed by atoms with van der Waals surface area (Å²) < 4.78 is 11.1. The van der Waals surface area contributed by atoms with Crippen molar-refractivity contribution in [2.24, 2.45) is 0 Å². The van der Waals surface area contributed by atoms with Crippen molar-refractivity contribution in [2.75, 3.05) is 33.4 Å². The zero-order valence-electron chi connectivity index (χ0n) is 13.9. The van der Waals surface area contributed by atoms with Crippen LogP contribution in [-0.2, 0) is 4.79 Å². The summed E-state index contributed by atoms with van der Waals surface area (Å²) in [5, 5.41) is 3.31. The monoisotopic (exact) mass is 342 g/mol. The minimum absolute atomic E-state index is 0. The highest BCUT2D eigenvalue weighted by Gasteiger charge is 2.21. The number of rotatable bonds is 7. The summed E-state index contributed by atoms with van der Waals surface area (Å²) in [4.78, 5) is 14.0. The fraction of sp³-hybridized carbons (Fsp3) is 0.588. The van der Waals surface area contributed by atoms with Crippen LogP contribution in [0.5, 0.6) is 11.5 Å². The van der Waals surface area contributed by atoms with Crippen LogP contribution in [0.25, 0.3) is 0 Å². The van der Waals surface area contributed by atoms with Gasteiger partial charge in [0, 0.05) is 13.1 Å². The molecule has 0 atom stereocenters. The molecule has 0 spiro atoms. The quantitative estimate of drug-likeness (QED) is 0.827. The number of amides is 1. The van der Waals surface area contributed by atoms with Gasteiger partial charge >= 0.3 is 0 Å². The lowest BCUT2D eigenvalue weighted by atomic mass is 10.1. The summed E-state index contributed by atoms with van der Waals surface area (Å²) in [7, 11) is 1.86. The molecule has 130 valence electrons. The normalized spacial score (nSPS) is 14.7. The van der Waals surface area contributed by atoms with E-state index in [1.165, 1.54) is 0 Å². The Morgan fingerprint density at radius 3 is 2.30 bits per heavy atom. The molecular weight excluding hydrogens is 316 g/mol. The van der Waals surface area contributed by atoms with Gasteiger partial charge in [0.2, 0.25) is 0 Å². The number of carbonyl (C=O) groups is 1. The van der Waals surface area contributed by atoms with Crippen LogP contribution in [-0.4, -0.2) is 50.2 Å².